The van der Waals surface area contributed by atoms with E-state index >= 15 is 0 Å². The van der Waals surface area contributed by atoms with Crippen molar-refractivity contribution in [3.8, 4) is 0 Å². The van der Waals surface area contributed by atoms with Gasteiger partial charge in [0.2, 0.25) is 5.91 Å². The average Bonchev–Trinajstić information content (AvgIpc) is 3.08. The highest BCUT2D eigenvalue weighted by atomic mass is 32.2. The van der Waals surface area contributed by atoms with E-state index in [0.29, 0.717) is 25.9 Å². The largest absolute Gasteiger partial charge is 0.352 e. The first-order chi connectivity index (χ1) is 12.0. The molecule has 7 nitrogen and oxygen atoms in total. The zero-order valence-electron chi connectivity index (χ0n) is 14.1. The summed E-state index contributed by atoms with van der Waals surface area (Å²) in [6, 6.07) is 9.65. The molecule has 8 heteroatoms. The number of rotatable bonds is 5. The highest BCUT2D eigenvalue weighted by Gasteiger charge is 2.34. The van der Waals surface area contributed by atoms with Crippen LogP contribution in [0.2, 0.25) is 0 Å². The Hall–Kier alpha value is -2.19. The molecule has 0 aliphatic carbocycles. The number of benzene rings is 1. The van der Waals surface area contributed by atoms with Crippen LogP contribution in [-0.4, -0.2) is 41.3 Å². The molecule has 0 unspecified atom stereocenters. The number of aryl methyl sites for hydroxylation is 1. The van der Waals surface area contributed by atoms with Crippen LogP contribution in [0.4, 0.5) is 0 Å². The molecule has 1 fully saturated rings. The molecule has 0 saturated carbocycles. The van der Waals surface area contributed by atoms with Gasteiger partial charge in [-0.25, -0.2) is 13.4 Å². The normalized spacial score (nSPS) is 18.8. The molecule has 25 heavy (non-hydrogen) atoms. The van der Waals surface area contributed by atoms with Crippen molar-refractivity contribution in [3.63, 3.8) is 0 Å². The summed E-state index contributed by atoms with van der Waals surface area (Å²) < 4.78 is 28.3. The van der Waals surface area contributed by atoms with Crippen LogP contribution in [0.5, 0.6) is 0 Å². The number of hydrogen-bond donors (Lipinski definition) is 1. The van der Waals surface area contributed by atoms with Crippen molar-refractivity contribution in [1.29, 1.82) is 0 Å². The molecule has 2 aromatic rings. The minimum atomic E-state index is -3.65. The molecule has 2 heterocycles. The summed E-state index contributed by atoms with van der Waals surface area (Å²) in [6.45, 7) is 1.06. The van der Waals surface area contributed by atoms with Crippen LogP contribution in [0, 0.1) is 5.92 Å². The molecule has 0 radical (unpaired) electrons. The van der Waals surface area contributed by atoms with Gasteiger partial charge in [-0.1, -0.05) is 30.3 Å². The number of imidazole rings is 1. The van der Waals surface area contributed by atoms with Gasteiger partial charge in [-0.2, -0.15) is 4.31 Å². The molecule has 1 N–H and O–H groups in total. The molecule has 1 atom stereocenters. The lowest BCUT2D eigenvalue weighted by atomic mass is 9.99. The van der Waals surface area contributed by atoms with E-state index in [4.69, 9.17) is 0 Å². The minimum absolute atomic E-state index is 0.0281. The van der Waals surface area contributed by atoms with Crippen LogP contribution in [0.3, 0.4) is 0 Å². The van der Waals surface area contributed by atoms with E-state index < -0.39 is 10.0 Å². The number of hydrogen-bond acceptors (Lipinski definition) is 4. The molecule has 0 spiro atoms. The van der Waals surface area contributed by atoms with Crippen molar-refractivity contribution >= 4 is 15.9 Å². The van der Waals surface area contributed by atoms with Crippen molar-refractivity contribution in [3.05, 3.63) is 48.4 Å². The number of piperidine rings is 1. The Kier molecular flexibility index (Phi) is 5.19. The SMILES string of the molecule is Cn1cnc(S(=O)(=O)N2CCC[C@H](C(=O)NCc3ccccc3)C2)c1. The molecule has 0 bridgehead atoms. The smallest absolute Gasteiger partial charge is 0.262 e. The second-order valence-corrected chi connectivity index (χ2v) is 8.17. The first-order valence-electron chi connectivity index (χ1n) is 8.26. The lowest BCUT2D eigenvalue weighted by Crippen LogP contribution is -2.45. The first kappa shape index (κ1) is 17.6. The zero-order valence-corrected chi connectivity index (χ0v) is 14.9. The van der Waals surface area contributed by atoms with Crippen LogP contribution < -0.4 is 5.32 Å². The fourth-order valence-corrected chi connectivity index (χ4v) is 4.45. The predicted octanol–water partition coefficient (Wildman–Crippen LogP) is 1.14. The maximum atomic E-state index is 12.7. The van der Waals surface area contributed by atoms with E-state index in [0.717, 1.165) is 5.56 Å². The Bertz CT molecular complexity index is 833. The Morgan fingerprint density at radius 3 is 2.76 bits per heavy atom. The summed E-state index contributed by atoms with van der Waals surface area (Å²) >= 11 is 0. The van der Waals surface area contributed by atoms with Gasteiger partial charge in [-0.3, -0.25) is 4.79 Å². The number of nitrogens with zero attached hydrogens (tertiary/aromatic N) is 3. The van der Waals surface area contributed by atoms with Crippen LogP contribution >= 0.6 is 0 Å². The molecule has 3 rings (SSSR count). The summed E-state index contributed by atoms with van der Waals surface area (Å²) in [4.78, 5) is 16.4. The second-order valence-electron chi connectivity index (χ2n) is 6.28. The number of carbonyl (C=O) groups is 1. The highest BCUT2D eigenvalue weighted by Crippen LogP contribution is 2.23. The van der Waals surface area contributed by atoms with Crippen LogP contribution in [-0.2, 0) is 28.4 Å². The molecule has 1 aromatic heterocycles. The third-order valence-electron chi connectivity index (χ3n) is 4.35. The van der Waals surface area contributed by atoms with Gasteiger partial charge in [-0.05, 0) is 18.4 Å². The van der Waals surface area contributed by atoms with E-state index in [2.05, 4.69) is 10.3 Å². The van der Waals surface area contributed by atoms with Gasteiger partial charge in [0.05, 0.1) is 12.2 Å². The number of carbonyl (C=O) groups excluding carboxylic acids is 1. The predicted molar refractivity (Wildman–Crippen MR) is 93.0 cm³/mol. The lowest BCUT2D eigenvalue weighted by molar-refractivity contribution is -0.126. The van der Waals surface area contributed by atoms with Crippen molar-refractivity contribution in [1.82, 2.24) is 19.2 Å². The molecule has 1 aliphatic rings. The van der Waals surface area contributed by atoms with E-state index in [1.165, 1.54) is 16.8 Å². The number of amides is 1. The fraction of sp³-hybridized carbons (Fsp3) is 0.412. The standard InChI is InChI=1S/C17H22N4O3S/c1-20-12-16(19-13-20)25(23,24)21-9-5-8-15(11-21)17(22)18-10-14-6-3-2-4-7-14/h2-4,6-7,12-13,15H,5,8-11H2,1H3,(H,18,22)/t15-/m0/s1. The van der Waals surface area contributed by atoms with Crippen molar-refractivity contribution in [2.75, 3.05) is 13.1 Å². The zero-order chi connectivity index (χ0) is 17.9. The highest BCUT2D eigenvalue weighted by molar-refractivity contribution is 7.89. The second kappa shape index (κ2) is 7.37. The molecule has 1 amide bonds. The number of nitrogens with one attached hydrogen (secondary N) is 1. The fourth-order valence-electron chi connectivity index (χ4n) is 2.96. The van der Waals surface area contributed by atoms with Crippen molar-refractivity contribution < 1.29 is 13.2 Å². The molecular formula is C17H22N4O3S. The van der Waals surface area contributed by atoms with E-state index in [-0.39, 0.29) is 23.4 Å². The summed E-state index contributed by atoms with van der Waals surface area (Å²) in [5.41, 5.74) is 1.02. The van der Waals surface area contributed by atoms with Gasteiger partial charge < -0.3 is 9.88 Å². The van der Waals surface area contributed by atoms with Crippen LogP contribution in [0.25, 0.3) is 0 Å². The summed E-state index contributed by atoms with van der Waals surface area (Å²) in [5.74, 6) is -0.444. The van der Waals surface area contributed by atoms with Gasteiger partial charge in [-0.15, -0.1) is 0 Å². The first-order valence-corrected chi connectivity index (χ1v) is 9.70. The molecule has 134 valence electrons. The molecule has 1 aliphatic heterocycles. The monoisotopic (exact) mass is 362 g/mol. The Labute approximate surface area is 147 Å². The Balaban J connectivity index is 1.63. The minimum Gasteiger partial charge on any atom is -0.352 e. The molecular weight excluding hydrogens is 340 g/mol. The Morgan fingerprint density at radius 2 is 2.08 bits per heavy atom. The van der Waals surface area contributed by atoms with Gasteiger partial charge in [0.15, 0.2) is 5.03 Å². The van der Waals surface area contributed by atoms with Gasteiger partial charge >= 0.3 is 0 Å². The molecule has 1 aromatic carbocycles. The number of sulfonamides is 1. The maximum Gasteiger partial charge on any atom is 0.262 e. The third kappa shape index (κ3) is 4.08. The van der Waals surface area contributed by atoms with Crippen molar-refractivity contribution in [2.45, 2.75) is 24.4 Å². The lowest BCUT2D eigenvalue weighted by Gasteiger charge is -2.30. The van der Waals surface area contributed by atoms with Crippen LogP contribution in [0.15, 0.2) is 47.9 Å². The molecule has 1 saturated heterocycles. The quantitative estimate of drug-likeness (QED) is 0.864. The maximum absolute atomic E-state index is 12.7. The Morgan fingerprint density at radius 1 is 1.32 bits per heavy atom. The average molecular weight is 362 g/mol. The number of aromatic nitrogens is 2. The third-order valence-corrected chi connectivity index (χ3v) is 6.10. The van der Waals surface area contributed by atoms with Gasteiger partial charge in [0, 0.05) is 32.9 Å². The van der Waals surface area contributed by atoms with E-state index in [1.54, 1.807) is 11.6 Å². The topological polar surface area (TPSA) is 84.3 Å². The summed E-state index contributed by atoms with van der Waals surface area (Å²) in [5, 5.41) is 2.93. The summed E-state index contributed by atoms with van der Waals surface area (Å²) in [6.07, 6.45) is 4.29. The van der Waals surface area contributed by atoms with Crippen molar-refractivity contribution in [2.24, 2.45) is 13.0 Å². The van der Waals surface area contributed by atoms with Gasteiger partial charge in [0.25, 0.3) is 10.0 Å². The summed E-state index contributed by atoms with van der Waals surface area (Å²) in [7, 11) is -1.93. The van der Waals surface area contributed by atoms with Gasteiger partial charge in [0.1, 0.15) is 0 Å². The van der Waals surface area contributed by atoms with Crippen LogP contribution in [0.1, 0.15) is 18.4 Å². The van der Waals surface area contributed by atoms with E-state index in [1.807, 2.05) is 30.3 Å². The van der Waals surface area contributed by atoms with E-state index in [9.17, 15) is 13.2 Å².